The Morgan fingerprint density at radius 2 is 2.11 bits per heavy atom. The molecule has 2 aromatic heterocycles. The highest BCUT2D eigenvalue weighted by Crippen LogP contribution is 2.36. The van der Waals surface area contributed by atoms with Crippen LogP contribution in [0.2, 0.25) is 0 Å². The van der Waals surface area contributed by atoms with E-state index < -0.39 is 9.84 Å². The number of ether oxygens (including phenoxy) is 1. The fraction of sp³-hybridized carbons (Fsp3) is 0.167. The van der Waals surface area contributed by atoms with Gasteiger partial charge in [-0.05, 0) is 25.1 Å². The summed E-state index contributed by atoms with van der Waals surface area (Å²) in [6.45, 7) is 1.74. The van der Waals surface area contributed by atoms with Crippen molar-refractivity contribution in [3.63, 3.8) is 0 Å². The third-order valence-electron chi connectivity index (χ3n) is 2.70. The topological polar surface area (TPSA) is 69.2 Å². The highest BCUT2D eigenvalue weighted by molar-refractivity contribution is 7.90. The summed E-state index contributed by atoms with van der Waals surface area (Å²) in [7, 11) is -3.44. The molecule has 0 atom stereocenters. The Morgan fingerprint density at radius 3 is 2.94 bits per heavy atom. The number of rotatable bonds is 0. The highest BCUT2D eigenvalue weighted by atomic mass is 32.2. The average Bonchev–Trinajstić information content (AvgIpc) is 2.43. The zero-order chi connectivity index (χ0) is 12.8. The van der Waals surface area contributed by atoms with Crippen molar-refractivity contribution in [3.8, 4) is 11.5 Å². The lowest BCUT2D eigenvalue weighted by Crippen LogP contribution is -2.05. The van der Waals surface area contributed by atoms with Gasteiger partial charge in [-0.15, -0.1) is 0 Å². The van der Waals surface area contributed by atoms with Gasteiger partial charge in [0, 0.05) is 11.9 Å². The van der Waals surface area contributed by atoms with Crippen LogP contribution in [0.25, 0.3) is 0 Å². The second-order valence-corrected chi connectivity index (χ2v) is 6.04. The van der Waals surface area contributed by atoms with Gasteiger partial charge in [0.05, 0.1) is 11.9 Å². The standard InChI is InChI=1S/C12H10N2O3S/c1-8-5-12-11(6-14-8)17-10-3-2-4-13-9(10)7-18(12,15)16/h2-6H,7H2,1H3. The molecule has 1 aliphatic heterocycles. The van der Waals surface area contributed by atoms with Gasteiger partial charge < -0.3 is 4.74 Å². The Kier molecular flexibility index (Phi) is 2.34. The monoisotopic (exact) mass is 262 g/mol. The van der Waals surface area contributed by atoms with Gasteiger partial charge >= 0.3 is 0 Å². The quantitative estimate of drug-likeness (QED) is 0.725. The van der Waals surface area contributed by atoms with Gasteiger partial charge in [-0.1, -0.05) is 0 Å². The fourth-order valence-electron chi connectivity index (χ4n) is 1.84. The van der Waals surface area contributed by atoms with Crippen LogP contribution in [0.15, 0.2) is 35.5 Å². The summed E-state index contributed by atoms with van der Waals surface area (Å²) in [5.41, 5.74) is 1.06. The van der Waals surface area contributed by atoms with Crippen molar-refractivity contribution in [2.75, 3.05) is 0 Å². The molecule has 0 saturated carbocycles. The van der Waals surface area contributed by atoms with Crippen LogP contribution in [0.4, 0.5) is 0 Å². The molecule has 18 heavy (non-hydrogen) atoms. The molecule has 0 aliphatic carbocycles. The van der Waals surface area contributed by atoms with E-state index >= 15 is 0 Å². The smallest absolute Gasteiger partial charge is 0.188 e. The van der Waals surface area contributed by atoms with Crippen molar-refractivity contribution < 1.29 is 13.2 Å². The first kappa shape index (κ1) is 11.2. The average molecular weight is 262 g/mol. The summed E-state index contributed by atoms with van der Waals surface area (Å²) < 4.78 is 30.1. The Hall–Kier alpha value is -1.95. The van der Waals surface area contributed by atoms with E-state index in [1.165, 1.54) is 12.3 Å². The first-order chi connectivity index (χ1) is 8.56. The van der Waals surface area contributed by atoms with Crippen LogP contribution >= 0.6 is 0 Å². The molecule has 0 unspecified atom stereocenters. The largest absolute Gasteiger partial charge is 0.452 e. The molecular weight excluding hydrogens is 252 g/mol. The number of hydrogen-bond donors (Lipinski definition) is 0. The molecule has 2 aromatic rings. The highest BCUT2D eigenvalue weighted by Gasteiger charge is 2.27. The normalized spacial score (nSPS) is 16.1. The number of sulfone groups is 1. The van der Waals surface area contributed by atoms with Crippen molar-refractivity contribution in [1.29, 1.82) is 0 Å². The van der Waals surface area contributed by atoms with Gasteiger partial charge in [-0.2, -0.15) is 0 Å². The third kappa shape index (κ3) is 1.74. The van der Waals surface area contributed by atoms with Gasteiger partial charge in [0.15, 0.2) is 15.6 Å². The van der Waals surface area contributed by atoms with Crippen LogP contribution in [-0.2, 0) is 15.6 Å². The SMILES string of the molecule is Cc1cc2c(cn1)Oc1cccnc1CS2(=O)=O. The maximum absolute atomic E-state index is 12.3. The Balaban J connectivity index is 2.28. The fourth-order valence-corrected chi connectivity index (χ4v) is 3.33. The van der Waals surface area contributed by atoms with Gasteiger partial charge in [0.1, 0.15) is 16.4 Å². The first-order valence-electron chi connectivity index (χ1n) is 5.37. The number of pyridine rings is 2. The summed E-state index contributed by atoms with van der Waals surface area (Å²) in [5, 5.41) is 0. The molecule has 3 heterocycles. The molecule has 0 fully saturated rings. The van der Waals surface area contributed by atoms with Gasteiger partial charge in [-0.3, -0.25) is 9.97 Å². The molecule has 3 rings (SSSR count). The van der Waals surface area contributed by atoms with Crippen LogP contribution in [0.5, 0.6) is 11.5 Å². The molecule has 0 saturated heterocycles. The number of aryl methyl sites for hydroxylation is 1. The summed E-state index contributed by atoms with van der Waals surface area (Å²) in [5.74, 6) is 0.567. The van der Waals surface area contributed by atoms with Crippen LogP contribution < -0.4 is 4.74 Å². The van der Waals surface area contributed by atoms with E-state index in [4.69, 9.17) is 4.74 Å². The van der Waals surface area contributed by atoms with Crippen molar-refractivity contribution in [2.24, 2.45) is 0 Å². The van der Waals surface area contributed by atoms with E-state index in [9.17, 15) is 8.42 Å². The summed E-state index contributed by atoms with van der Waals surface area (Å²) >= 11 is 0. The molecule has 5 nitrogen and oxygen atoms in total. The van der Waals surface area contributed by atoms with Gasteiger partial charge in [0.2, 0.25) is 0 Å². The Morgan fingerprint density at radius 1 is 1.28 bits per heavy atom. The molecule has 0 N–H and O–H groups in total. The van der Waals surface area contributed by atoms with Crippen LogP contribution in [0.1, 0.15) is 11.4 Å². The molecule has 0 radical (unpaired) electrons. The Labute approximate surface area is 104 Å². The second kappa shape index (κ2) is 3.78. The molecule has 0 spiro atoms. The summed E-state index contributed by atoms with van der Waals surface area (Å²) in [6.07, 6.45) is 2.99. The van der Waals surface area contributed by atoms with E-state index in [2.05, 4.69) is 9.97 Å². The van der Waals surface area contributed by atoms with E-state index in [1.54, 1.807) is 25.3 Å². The zero-order valence-electron chi connectivity index (χ0n) is 9.62. The molecule has 92 valence electrons. The molecule has 1 aliphatic rings. The first-order valence-corrected chi connectivity index (χ1v) is 7.03. The van der Waals surface area contributed by atoms with Crippen LogP contribution in [-0.4, -0.2) is 18.4 Å². The third-order valence-corrected chi connectivity index (χ3v) is 4.34. The van der Waals surface area contributed by atoms with E-state index in [0.717, 1.165) is 0 Å². The minimum atomic E-state index is -3.44. The lowest BCUT2D eigenvalue weighted by atomic mass is 10.3. The van der Waals surface area contributed by atoms with Crippen molar-refractivity contribution >= 4 is 9.84 Å². The lowest BCUT2D eigenvalue weighted by Gasteiger charge is -2.06. The van der Waals surface area contributed by atoms with Crippen molar-refractivity contribution in [1.82, 2.24) is 9.97 Å². The number of nitrogens with zero attached hydrogens (tertiary/aromatic N) is 2. The molecule has 0 aromatic carbocycles. The minimum Gasteiger partial charge on any atom is -0.452 e. The molecular formula is C12H10N2O3S. The number of fused-ring (bicyclic) bond motifs is 2. The van der Waals surface area contributed by atoms with E-state index in [-0.39, 0.29) is 16.4 Å². The number of aromatic nitrogens is 2. The summed E-state index contributed by atoms with van der Waals surface area (Å²) in [6, 6.07) is 4.93. The molecule has 6 heteroatoms. The van der Waals surface area contributed by atoms with Crippen LogP contribution in [0.3, 0.4) is 0 Å². The summed E-state index contributed by atoms with van der Waals surface area (Å²) in [4.78, 5) is 8.29. The minimum absolute atomic E-state index is 0.153. The van der Waals surface area contributed by atoms with Crippen molar-refractivity contribution in [3.05, 3.63) is 42.0 Å². The van der Waals surface area contributed by atoms with Gasteiger partial charge in [0.25, 0.3) is 0 Å². The second-order valence-electron chi connectivity index (χ2n) is 4.08. The molecule has 0 bridgehead atoms. The van der Waals surface area contributed by atoms with E-state index in [0.29, 0.717) is 17.1 Å². The maximum atomic E-state index is 12.3. The zero-order valence-corrected chi connectivity index (χ0v) is 10.4. The Bertz CT molecular complexity index is 726. The number of hydrogen-bond acceptors (Lipinski definition) is 5. The van der Waals surface area contributed by atoms with Crippen LogP contribution in [0, 0.1) is 6.92 Å². The predicted molar refractivity (Wildman–Crippen MR) is 64.2 cm³/mol. The predicted octanol–water partition coefficient (Wildman–Crippen LogP) is 1.86. The molecule has 0 amide bonds. The van der Waals surface area contributed by atoms with E-state index in [1.807, 2.05) is 0 Å². The maximum Gasteiger partial charge on any atom is 0.188 e. The van der Waals surface area contributed by atoms with Gasteiger partial charge in [-0.25, -0.2) is 8.42 Å². The van der Waals surface area contributed by atoms with Crippen molar-refractivity contribution in [2.45, 2.75) is 17.6 Å². The lowest BCUT2D eigenvalue weighted by molar-refractivity contribution is 0.462.